The van der Waals surface area contributed by atoms with Crippen molar-refractivity contribution in [1.82, 2.24) is 9.97 Å². The molecular formula is C22H27N3O. The third kappa shape index (κ3) is 2.62. The Balaban J connectivity index is 1.55. The number of aromatic nitrogens is 2. The Morgan fingerprint density at radius 3 is 2.65 bits per heavy atom. The van der Waals surface area contributed by atoms with Crippen molar-refractivity contribution >= 4 is 5.82 Å². The maximum absolute atomic E-state index is 10.6. The summed E-state index contributed by atoms with van der Waals surface area (Å²) >= 11 is 0. The first-order valence-corrected chi connectivity index (χ1v) is 10.1. The van der Waals surface area contributed by atoms with Gasteiger partial charge in [0.05, 0.1) is 6.10 Å². The van der Waals surface area contributed by atoms with Crippen LogP contribution in [0.3, 0.4) is 0 Å². The Labute approximate surface area is 155 Å². The van der Waals surface area contributed by atoms with E-state index in [9.17, 15) is 5.11 Å². The van der Waals surface area contributed by atoms with Gasteiger partial charge in [0.25, 0.3) is 0 Å². The van der Waals surface area contributed by atoms with Gasteiger partial charge in [0.1, 0.15) is 5.82 Å². The zero-order valence-electron chi connectivity index (χ0n) is 15.3. The Hall–Kier alpha value is -1.94. The highest BCUT2D eigenvalue weighted by molar-refractivity contribution is 5.61. The summed E-state index contributed by atoms with van der Waals surface area (Å²) in [5, 5.41) is 10.6. The summed E-state index contributed by atoms with van der Waals surface area (Å²) in [5.41, 5.74) is 3.77. The standard InChI is InChI=1S/C22H27N3O/c26-19-11-5-12-22(19)13-6-14-25(15-22)21-17-9-4-10-18(17)23-20(24-21)16-7-2-1-3-8-16/h1-3,7-8,19,26H,4-6,9-15H2/t19-,22-/m1/s1. The van der Waals surface area contributed by atoms with Gasteiger partial charge in [-0.3, -0.25) is 0 Å². The highest BCUT2D eigenvalue weighted by Crippen LogP contribution is 2.46. The third-order valence-corrected chi connectivity index (χ3v) is 6.71. The van der Waals surface area contributed by atoms with E-state index in [4.69, 9.17) is 9.97 Å². The second-order valence-electron chi connectivity index (χ2n) is 8.31. The highest BCUT2D eigenvalue weighted by atomic mass is 16.3. The van der Waals surface area contributed by atoms with E-state index in [-0.39, 0.29) is 11.5 Å². The molecule has 2 aromatic rings. The molecule has 1 spiro atoms. The topological polar surface area (TPSA) is 49.2 Å². The third-order valence-electron chi connectivity index (χ3n) is 6.71. The van der Waals surface area contributed by atoms with Gasteiger partial charge in [0.2, 0.25) is 0 Å². The number of benzene rings is 1. The molecule has 2 heterocycles. The molecule has 4 heteroatoms. The van der Waals surface area contributed by atoms with Crippen molar-refractivity contribution in [2.75, 3.05) is 18.0 Å². The molecule has 1 aliphatic heterocycles. The molecule has 4 nitrogen and oxygen atoms in total. The van der Waals surface area contributed by atoms with E-state index in [2.05, 4.69) is 29.2 Å². The molecule has 1 saturated carbocycles. The predicted octanol–water partition coefficient (Wildman–Crippen LogP) is 3.76. The number of hydrogen-bond acceptors (Lipinski definition) is 4. The number of piperidine rings is 1. The molecule has 1 aromatic heterocycles. The van der Waals surface area contributed by atoms with Crippen LogP contribution in [0.5, 0.6) is 0 Å². The maximum Gasteiger partial charge on any atom is 0.161 e. The van der Waals surface area contributed by atoms with Crippen LogP contribution in [0.15, 0.2) is 30.3 Å². The zero-order valence-corrected chi connectivity index (χ0v) is 15.3. The summed E-state index contributed by atoms with van der Waals surface area (Å²) in [5.74, 6) is 2.00. The van der Waals surface area contributed by atoms with Crippen molar-refractivity contribution in [3.05, 3.63) is 41.6 Å². The highest BCUT2D eigenvalue weighted by Gasteiger charge is 2.45. The fourth-order valence-electron chi connectivity index (χ4n) is 5.33. The van der Waals surface area contributed by atoms with Gasteiger partial charge >= 0.3 is 0 Å². The van der Waals surface area contributed by atoms with Gasteiger partial charge in [-0.15, -0.1) is 0 Å². The quantitative estimate of drug-likeness (QED) is 0.897. The summed E-state index contributed by atoms with van der Waals surface area (Å²) in [6.07, 6.45) is 8.77. The van der Waals surface area contributed by atoms with Gasteiger partial charge in [0, 0.05) is 35.3 Å². The van der Waals surface area contributed by atoms with E-state index in [0.717, 1.165) is 75.2 Å². The van der Waals surface area contributed by atoms with Gasteiger partial charge in [0.15, 0.2) is 5.82 Å². The largest absolute Gasteiger partial charge is 0.392 e. The minimum absolute atomic E-state index is 0.0849. The molecule has 136 valence electrons. The maximum atomic E-state index is 10.6. The summed E-state index contributed by atoms with van der Waals surface area (Å²) in [4.78, 5) is 12.4. The second kappa shape index (κ2) is 6.34. The van der Waals surface area contributed by atoms with Crippen LogP contribution >= 0.6 is 0 Å². The van der Waals surface area contributed by atoms with Crippen molar-refractivity contribution in [2.45, 2.75) is 57.5 Å². The summed E-state index contributed by atoms with van der Waals surface area (Å²) in [6.45, 7) is 2.00. The van der Waals surface area contributed by atoms with Gasteiger partial charge in [-0.2, -0.15) is 0 Å². The average molecular weight is 349 g/mol. The minimum Gasteiger partial charge on any atom is -0.392 e. The molecule has 2 aliphatic carbocycles. The molecule has 3 aliphatic rings. The van der Waals surface area contributed by atoms with Crippen LogP contribution in [0.4, 0.5) is 5.82 Å². The fourth-order valence-corrected chi connectivity index (χ4v) is 5.33. The number of hydrogen-bond donors (Lipinski definition) is 1. The zero-order chi connectivity index (χ0) is 17.6. The van der Waals surface area contributed by atoms with E-state index in [1.54, 1.807) is 0 Å². The first kappa shape index (κ1) is 16.2. The lowest BCUT2D eigenvalue weighted by atomic mass is 9.76. The van der Waals surface area contributed by atoms with Crippen LogP contribution in [0.25, 0.3) is 11.4 Å². The Bertz CT molecular complexity index is 807. The molecule has 0 unspecified atom stereocenters. The van der Waals surface area contributed by atoms with Crippen LogP contribution in [-0.4, -0.2) is 34.3 Å². The van der Waals surface area contributed by atoms with Gasteiger partial charge in [-0.05, 0) is 44.9 Å². The molecule has 1 saturated heterocycles. The average Bonchev–Trinajstić information content (AvgIpc) is 3.29. The first-order chi connectivity index (χ1) is 12.8. The van der Waals surface area contributed by atoms with Crippen LogP contribution in [0.2, 0.25) is 0 Å². The van der Waals surface area contributed by atoms with E-state index in [0.29, 0.717) is 0 Å². The Kier molecular flexibility index (Phi) is 3.96. The van der Waals surface area contributed by atoms with Crippen LogP contribution in [0.1, 0.15) is 49.8 Å². The van der Waals surface area contributed by atoms with Crippen molar-refractivity contribution in [3.63, 3.8) is 0 Å². The van der Waals surface area contributed by atoms with Crippen LogP contribution < -0.4 is 4.90 Å². The van der Waals surface area contributed by atoms with Crippen LogP contribution in [0, 0.1) is 5.41 Å². The van der Waals surface area contributed by atoms with Crippen LogP contribution in [-0.2, 0) is 12.8 Å². The number of nitrogens with zero attached hydrogens (tertiary/aromatic N) is 3. The normalized spacial score (nSPS) is 27.9. The molecule has 0 radical (unpaired) electrons. The molecule has 2 atom stereocenters. The van der Waals surface area contributed by atoms with Crippen molar-refractivity contribution in [1.29, 1.82) is 0 Å². The van der Waals surface area contributed by atoms with Gasteiger partial charge in [-0.1, -0.05) is 36.8 Å². The summed E-state index contributed by atoms with van der Waals surface area (Å²) < 4.78 is 0. The monoisotopic (exact) mass is 349 g/mol. The fraction of sp³-hybridized carbons (Fsp3) is 0.545. The van der Waals surface area contributed by atoms with E-state index in [1.807, 2.05) is 6.07 Å². The van der Waals surface area contributed by atoms with E-state index >= 15 is 0 Å². The van der Waals surface area contributed by atoms with E-state index in [1.165, 1.54) is 17.7 Å². The minimum atomic E-state index is -0.145. The molecular weight excluding hydrogens is 322 g/mol. The molecule has 0 bridgehead atoms. The number of aryl methyl sites for hydroxylation is 1. The number of aliphatic hydroxyl groups is 1. The Morgan fingerprint density at radius 1 is 1.00 bits per heavy atom. The molecule has 2 fully saturated rings. The lowest BCUT2D eigenvalue weighted by molar-refractivity contribution is 0.0407. The molecule has 1 aromatic carbocycles. The molecule has 1 N–H and O–H groups in total. The molecule has 26 heavy (non-hydrogen) atoms. The number of anilines is 1. The first-order valence-electron chi connectivity index (χ1n) is 10.1. The lowest BCUT2D eigenvalue weighted by Gasteiger charge is -2.43. The SMILES string of the molecule is O[C@@H]1CCC[C@]12CCCN(c1nc(-c3ccccc3)nc3c1CCC3)C2. The summed E-state index contributed by atoms with van der Waals surface area (Å²) in [7, 11) is 0. The van der Waals surface area contributed by atoms with E-state index < -0.39 is 0 Å². The number of fused-ring (bicyclic) bond motifs is 1. The van der Waals surface area contributed by atoms with Crippen molar-refractivity contribution < 1.29 is 5.11 Å². The lowest BCUT2D eigenvalue weighted by Crippen LogP contribution is -2.48. The Morgan fingerprint density at radius 2 is 1.85 bits per heavy atom. The summed E-state index contributed by atoms with van der Waals surface area (Å²) in [6, 6.07) is 10.3. The van der Waals surface area contributed by atoms with Crippen molar-refractivity contribution in [2.24, 2.45) is 5.41 Å². The smallest absolute Gasteiger partial charge is 0.161 e. The predicted molar refractivity (Wildman–Crippen MR) is 103 cm³/mol. The number of rotatable bonds is 2. The van der Waals surface area contributed by atoms with Gasteiger partial charge in [-0.25, -0.2) is 9.97 Å². The molecule has 5 rings (SSSR count). The second-order valence-corrected chi connectivity index (χ2v) is 8.31. The van der Waals surface area contributed by atoms with Crippen molar-refractivity contribution in [3.8, 4) is 11.4 Å². The van der Waals surface area contributed by atoms with Gasteiger partial charge < -0.3 is 10.0 Å². The molecule has 0 amide bonds. The number of aliphatic hydroxyl groups excluding tert-OH is 1.